The molecule has 1 aromatic heterocycles. The van der Waals surface area contributed by atoms with E-state index in [1.165, 1.54) is 17.3 Å². The van der Waals surface area contributed by atoms with Gasteiger partial charge in [-0.15, -0.1) is 10.2 Å². The van der Waals surface area contributed by atoms with E-state index in [0.29, 0.717) is 23.3 Å². The maximum Gasteiger partial charge on any atom is 0.191 e. The first kappa shape index (κ1) is 19.0. The topological polar surface area (TPSA) is 80.1 Å². The van der Waals surface area contributed by atoms with Crippen LogP contribution in [0.4, 0.5) is 0 Å². The van der Waals surface area contributed by atoms with Gasteiger partial charge in [0.25, 0.3) is 0 Å². The van der Waals surface area contributed by atoms with E-state index in [2.05, 4.69) is 10.2 Å². The number of rotatable bonds is 9. The fourth-order valence-electron chi connectivity index (χ4n) is 2.47. The van der Waals surface area contributed by atoms with E-state index >= 15 is 0 Å². The van der Waals surface area contributed by atoms with Crippen molar-refractivity contribution < 1.29 is 14.6 Å². The van der Waals surface area contributed by atoms with E-state index in [-0.39, 0.29) is 13.0 Å². The summed E-state index contributed by atoms with van der Waals surface area (Å²) in [5.41, 5.74) is 2.27. The molecule has 0 aliphatic heterocycles. The maximum absolute atomic E-state index is 10.7. The highest BCUT2D eigenvalue weighted by atomic mass is 32.2. The Morgan fingerprint density at radius 3 is 2.56 bits per heavy atom. The predicted molar refractivity (Wildman–Crippen MR) is 101 cm³/mol. The Morgan fingerprint density at radius 1 is 1.11 bits per heavy atom. The standard InChI is InChI=1S/C20H21N3O3S/c1-15-7-9-17(10-8-15)26-14-18-21-22-20(27-12-11-19(24)25)23(18)13-16-5-3-2-4-6-16/h2-10H,11-14H2,1H3,(H,24,25)/p-1. The van der Waals surface area contributed by atoms with Gasteiger partial charge in [-0.1, -0.05) is 59.8 Å². The van der Waals surface area contributed by atoms with Gasteiger partial charge < -0.3 is 14.6 Å². The first-order chi connectivity index (χ1) is 13.1. The van der Waals surface area contributed by atoms with Crippen LogP contribution in [0.5, 0.6) is 5.75 Å². The molecule has 0 amide bonds. The quantitative estimate of drug-likeness (QED) is 0.529. The monoisotopic (exact) mass is 382 g/mol. The van der Waals surface area contributed by atoms with Crippen molar-refractivity contribution >= 4 is 17.7 Å². The van der Waals surface area contributed by atoms with Gasteiger partial charge in [-0.3, -0.25) is 4.57 Å². The van der Waals surface area contributed by atoms with Gasteiger partial charge in [0.2, 0.25) is 0 Å². The molecule has 6 nitrogen and oxygen atoms in total. The number of aromatic nitrogens is 3. The Kier molecular flexibility index (Phi) is 6.49. The van der Waals surface area contributed by atoms with Crippen molar-refractivity contribution in [1.29, 1.82) is 0 Å². The van der Waals surface area contributed by atoms with Crippen LogP contribution in [0.15, 0.2) is 59.8 Å². The van der Waals surface area contributed by atoms with Gasteiger partial charge in [0.1, 0.15) is 12.4 Å². The minimum atomic E-state index is -1.07. The zero-order valence-corrected chi connectivity index (χ0v) is 15.8. The van der Waals surface area contributed by atoms with Crippen LogP contribution in [0.2, 0.25) is 0 Å². The molecule has 0 bridgehead atoms. The molecule has 2 aromatic carbocycles. The summed E-state index contributed by atoms with van der Waals surface area (Å²) < 4.78 is 7.81. The highest BCUT2D eigenvalue weighted by Gasteiger charge is 2.14. The first-order valence-electron chi connectivity index (χ1n) is 8.60. The van der Waals surface area contributed by atoms with Gasteiger partial charge >= 0.3 is 0 Å². The number of carboxylic acids is 1. The Bertz CT molecular complexity index is 879. The van der Waals surface area contributed by atoms with Gasteiger partial charge in [0.05, 0.1) is 6.54 Å². The van der Waals surface area contributed by atoms with Gasteiger partial charge in [-0.05, 0) is 31.0 Å². The summed E-state index contributed by atoms with van der Waals surface area (Å²) in [5, 5.41) is 19.8. The molecular formula is C20H20N3O3S-. The molecule has 0 spiro atoms. The number of hydrogen-bond acceptors (Lipinski definition) is 6. The summed E-state index contributed by atoms with van der Waals surface area (Å²) in [6.07, 6.45) is -0.0297. The molecule has 0 unspecified atom stereocenters. The minimum Gasteiger partial charge on any atom is -0.550 e. The third-order valence-corrected chi connectivity index (χ3v) is 4.87. The molecule has 0 saturated carbocycles. The van der Waals surface area contributed by atoms with Crippen LogP contribution in [-0.4, -0.2) is 26.5 Å². The largest absolute Gasteiger partial charge is 0.550 e. The van der Waals surface area contributed by atoms with Crippen molar-refractivity contribution in [3.05, 3.63) is 71.5 Å². The number of carbonyl (C=O) groups is 1. The lowest BCUT2D eigenvalue weighted by atomic mass is 10.2. The predicted octanol–water partition coefficient (Wildman–Crippen LogP) is 2.45. The van der Waals surface area contributed by atoms with Gasteiger partial charge in [-0.25, -0.2) is 0 Å². The Balaban J connectivity index is 1.75. The fourth-order valence-corrected chi connectivity index (χ4v) is 3.34. The second-order valence-corrected chi connectivity index (χ2v) is 7.10. The summed E-state index contributed by atoms with van der Waals surface area (Å²) in [4.78, 5) is 10.7. The van der Waals surface area contributed by atoms with Crippen LogP contribution < -0.4 is 9.84 Å². The average molecular weight is 382 g/mol. The molecule has 0 atom stereocenters. The van der Waals surface area contributed by atoms with Crippen molar-refractivity contribution in [3.63, 3.8) is 0 Å². The van der Waals surface area contributed by atoms with Crippen molar-refractivity contribution in [2.75, 3.05) is 5.75 Å². The number of ether oxygens (including phenoxy) is 1. The first-order valence-corrected chi connectivity index (χ1v) is 9.58. The number of aliphatic carboxylic acids is 1. The van der Waals surface area contributed by atoms with Gasteiger partial charge in [-0.2, -0.15) is 0 Å². The number of aryl methyl sites for hydroxylation is 1. The Hall–Kier alpha value is -2.80. The van der Waals surface area contributed by atoms with Crippen molar-refractivity contribution in [2.45, 2.75) is 31.7 Å². The molecule has 0 fully saturated rings. The van der Waals surface area contributed by atoms with Crippen LogP contribution in [0.3, 0.4) is 0 Å². The second kappa shape index (κ2) is 9.23. The van der Waals surface area contributed by atoms with E-state index in [0.717, 1.165) is 11.3 Å². The lowest BCUT2D eigenvalue weighted by molar-refractivity contribution is -0.305. The highest BCUT2D eigenvalue weighted by molar-refractivity contribution is 7.99. The lowest BCUT2D eigenvalue weighted by Crippen LogP contribution is -2.22. The van der Waals surface area contributed by atoms with E-state index in [9.17, 15) is 9.90 Å². The molecule has 7 heteroatoms. The third-order valence-electron chi connectivity index (χ3n) is 3.90. The number of carbonyl (C=O) groups excluding carboxylic acids is 1. The summed E-state index contributed by atoms with van der Waals surface area (Å²) in [5.74, 6) is 0.768. The van der Waals surface area contributed by atoms with Crippen LogP contribution in [0.1, 0.15) is 23.4 Å². The van der Waals surface area contributed by atoms with Crippen LogP contribution in [0, 0.1) is 6.92 Å². The normalized spacial score (nSPS) is 10.7. The zero-order valence-electron chi connectivity index (χ0n) is 15.0. The summed E-state index contributed by atoms with van der Waals surface area (Å²) in [7, 11) is 0. The van der Waals surface area contributed by atoms with E-state index < -0.39 is 5.97 Å². The van der Waals surface area contributed by atoms with Gasteiger partial charge in [0, 0.05) is 11.7 Å². The van der Waals surface area contributed by atoms with E-state index in [4.69, 9.17) is 4.74 Å². The molecule has 3 aromatic rings. The number of carboxylic acid groups (broad SMARTS) is 1. The van der Waals surface area contributed by atoms with E-state index in [1.54, 1.807) is 0 Å². The van der Waals surface area contributed by atoms with Crippen LogP contribution in [0.25, 0.3) is 0 Å². The summed E-state index contributed by atoms with van der Waals surface area (Å²) in [6, 6.07) is 17.8. The van der Waals surface area contributed by atoms with Crippen molar-refractivity contribution in [3.8, 4) is 5.75 Å². The average Bonchev–Trinajstić information content (AvgIpc) is 3.03. The number of nitrogens with zero attached hydrogens (tertiary/aromatic N) is 3. The molecule has 140 valence electrons. The summed E-state index contributed by atoms with van der Waals surface area (Å²) >= 11 is 1.35. The summed E-state index contributed by atoms with van der Waals surface area (Å²) in [6.45, 7) is 2.90. The molecule has 0 N–H and O–H groups in total. The minimum absolute atomic E-state index is 0.0297. The fraction of sp³-hybridized carbons (Fsp3) is 0.250. The molecule has 0 radical (unpaired) electrons. The van der Waals surface area contributed by atoms with Gasteiger partial charge in [0.15, 0.2) is 11.0 Å². The Labute approximate surface area is 162 Å². The third kappa shape index (κ3) is 5.59. The molecule has 0 aliphatic rings. The van der Waals surface area contributed by atoms with E-state index in [1.807, 2.05) is 66.1 Å². The molecule has 27 heavy (non-hydrogen) atoms. The molecule has 1 heterocycles. The van der Waals surface area contributed by atoms with Crippen molar-refractivity contribution in [1.82, 2.24) is 14.8 Å². The Morgan fingerprint density at radius 2 is 1.85 bits per heavy atom. The zero-order chi connectivity index (χ0) is 19.1. The lowest BCUT2D eigenvalue weighted by Gasteiger charge is -2.11. The second-order valence-electron chi connectivity index (χ2n) is 6.04. The van der Waals surface area contributed by atoms with Crippen LogP contribution >= 0.6 is 11.8 Å². The molecular weight excluding hydrogens is 362 g/mol. The smallest absolute Gasteiger partial charge is 0.191 e. The SMILES string of the molecule is Cc1ccc(OCc2nnc(SCCC(=O)[O-])n2Cc2ccccc2)cc1. The molecule has 0 saturated heterocycles. The molecule has 0 aliphatic carbocycles. The maximum atomic E-state index is 10.7. The van der Waals surface area contributed by atoms with Crippen molar-refractivity contribution in [2.24, 2.45) is 0 Å². The van der Waals surface area contributed by atoms with Crippen LogP contribution in [-0.2, 0) is 17.9 Å². The highest BCUT2D eigenvalue weighted by Crippen LogP contribution is 2.21. The number of benzene rings is 2. The number of hydrogen-bond donors (Lipinski definition) is 0. The molecule has 3 rings (SSSR count). The number of thioether (sulfide) groups is 1.